The maximum atomic E-state index is 12.0. The molecule has 20 heavy (non-hydrogen) atoms. The number of benzene rings is 1. The zero-order valence-electron chi connectivity index (χ0n) is 10.4. The fourth-order valence-corrected chi connectivity index (χ4v) is 3.07. The molecule has 0 saturated heterocycles. The molecule has 0 amide bonds. The van der Waals surface area contributed by atoms with E-state index in [4.69, 9.17) is 4.74 Å². The van der Waals surface area contributed by atoms with Crippen LogP contribution in [0.25, 0.3) is 0 Å². The summed E-state index contributed by atoms with van der Waals surface area (Å²) in [4.78, 5) is 11.5. The van der Waals surface area contributed by atoms with Crippen molar-refractivity contribution in [2.45, 2.75) is 11.8 Å². The molecule has 106 valence electrons. The van der Waals surface area contributed by atoms with Crippen molar-refractivity contribution < 1.29 is 17.9 Å². The van der Waals surface area contributed by atoms with Gasteiger partial charge < -0.3 is 4.74 Å². The summed E-state index contributed by atoms with van der Waals surface area (Å²) in [6.45, 7) is 1.96. The van der Waals surface area contributed by atoms with Crippen molar-refractivity contribution in [3.8, 4) is 0 Å². The van der Waals surface area contributed by atoms with Gasteiger partial charge in [0, 0.05) is 0 Å². The third-order valence-corrected chi connectivity index (χ3v) is 4.35. The highest BCUT2D eigenvalue weighted by atomic mass is 32.2. The Bertz CT molecular complexity index is 681. The van der Waals surface area contributed by atoms with Crippen LogP contribution in [0.2, 0.25) is 0 Å². The Morgan fingerprint density at radius 3 is 2.60 bits per heavy atom. The quantitative estimate of drug-likeness (QED) is 0.840. The number of hydrogen-bond acceptors (Lipinski definition) is 7. The van der Waals surface area contributed by atoms with Crippen LogP contribution in [0.1, 0.15) is 17.3 Å². The smallest absolute Gasteiger partial charge is 0.338 e. The largest absolute Gasteiger partial charge is 0.462 e. The first-order valence-electron chi connectivity index (χ1n) is 5.59. The van der Waals surface area contributed by atoms with Gasteiger partial charge in [-0.3, -0.25) is 4.72 Å². The van der Waals surface area contributed by atoms with Crippen molar-refractivity contribution in [1.82, 2.24) is 10.2 Å². The molecule has 1 heterocycles. The summed E-state index contributed by atoms with van der Waals surface area (Å²) in [7, 11) is -3.73. The molecule has 1 N–H and O–H groups in total. The molecule has 0 aliphatic heterocycles. The van der Waals surface area contributed by atoms with Crippen LogP contribution < -0.4 is 4.72 Å². The first-order chi connectivity index (χ1) is 9.53. The zero-order chi connectivity index (χ0) is 14.6. The van der Waals surface area contributed by atoms with Gasteiger partial charge in [0.05, 0.1) is 17.1 Å². The van der Waals surface area contributed by atoms with Crippen LogP contribution in [0, 0.1) is 0 Å². The Hall–Kier alpha value is -2.00. The van der Waals surface area contributed by atoms with E-state index in [9.17, 15) is 13.2 Å². The lowest BCUT2D eigenvalue weighted by atomic mass is 10.2. The second kappa shape index (κ2) is 5.97. The van der Waals surface area contributed by atoms with Gasteiger partial charge in [0.25, 0.3) is 10.0 Å². The number of carbonyl (C=O) groups is 1. The molecular weight excluding hydrogens is 302 g/mol. The fraction of sp³-hybridized carbons (Fsp3) is 0.182. The molecule has 1 aromatic heterocycles. The number of rotatable bonds is 5. The average Bonchev–Trinajstić information content (AvgIpc) is 2.91. The molecule has 2 rings (SSSR count). The lowest BCUT2D eigenvalue weighted by Gasteiger charge is -2.06. The van der Waals surface area contributed by atoms with Gasteiger partial charge in [-0.05, 0) is 31.2 Å². The molecule has 0 saturated carbocycles. The third-order valence-electron chi connectivity index (χ3n) is 2.26. The van der Waals surface area contributed by atoms with Gasteiger partial charge in [-0.1, -0.05) is 11.3 Å². The summed E-state index contributed by atoms with van der Waals surface area (Å²) < 4.78 is 31.1. The van der Waals surface area contributed by atoms with E-state index in [1.54, 1.807) is 6.92 Å². The minimum Gasteiger partial charge on any atom is -0.462 e. The van der Waals surface area contributed by atoms with E-state index >= 15 is 0 Å². The van der Waals surface area contributed by atoms with E-state index in [-0.39, 0.29) is 16.6 Å². The summed E-state index contributed by atoms with van der Waals surface area (Å²) in [5, 5.41) is 7.32. The van der Waals surface area contributed by atoms with Gasteiger partial charge in [-0.2, -0.15) is 0 Å². The third kappa shape index (κ3) is 3.31. The molecule has 0 aliphatic rings. The fourth-order valence-electron chi connectivity index (χ4n) is 1.38. The Morgan fingerprint density at radius 2 is 2.05 bits per heavy atom. The standard InChI is InChI=1S/C11H11N3O4S2/c1-2-18-10(15)8-3-5-9(6-4-8)20(16,17)14-11-13-12-7-19-11/h3-7H,2H2,1H3,(H,13,14). The minimum absolute atomic E-state index is 0.0285. The summed E-state index contributed by atoms with van der Waals surface area (Å²) in [5.41, 5.74) is 1.71. The van der Waals surface area contributed by atoms with Crippen molar-refractivity contribution in [3.05, 3.63) is 35.3 Å². The predicted octanol–water partition coefficient (Wildman–Crippen LogP) is 1.52. The van der Waals surface area contributed by atoms with E-state index in [2.05, 4.69) is 14.9 Å². The molecule has 0 aliphatic carbocycles. The summed E-state index contributed by atoms with van der Waals surface area (Å²) in [5.74, 6) is -0.492. The van der Waals surface area contributed by atoms with Gasteiger partial charge in [-0.15, -0.1) is 10.2 Å². The van der Waals surface area contributed by atoms with Crippen LogP contribution in [-0.4, -0.2) is 31.2 Å². The Labute approximate surface area is 119 Å². The van der Waals surface area contributed by atoms with Crippen LogP contribution in [-0.2, 0) is 14.8 Å². The number of esters is 1. The highest BCUT2D eigenvalue weighted by Crippen LogP contribution is 2.17. The number of ether oxygens (including phenoxy) is 1. The predicted molar refractivity (Wildman–Crippen MR) is 73.1 cm³/mol. The molecule has 0 fully saturated rings. The summed E-state index contributed by atoms with van der Waals surface area (Å²) in [6, 6.07) is 5.45. The summed E-state index contributed by atoms with van der Waals surface area (Å²) >= 11 is 1.07. The molecule has 9 heteroatoms. The Kier molecular flexibility index (Phi) is 4.30. The van der Waals surface area contributed by atoms with Gasteiger partial charge in [-0.25, -0.2) is 13.2 Å². The Morgan fingerprint density at radius 1 is 1.35 bits per heavy atom. The number of nitrogens with zero attached hydrogens (tertiary/aromatic N) is 2. The second-order valence-electron chi connectivity index (χ2n) is 3.59. The van der Waals surface area contributed by atoms with Gasteiger partial charge >= 0.3 is 5.97 Å². The molecule has 1 aromatic carbocycles. The first-order valence-corrected chi connectivity index (χ1v) is 7.95. The number of nitrogens with one attached hydrogen (secondary N) is 1. The molecule has 0 atom stereocenters. The van der Waals surface area contributed by atoms with Crippen molar-refractivity contribution >= 4 is 32.5 Å². The van der Waals surface area contributed by atoms with Crippen LogP contribution in [0.3, 0.4) is 0 Å². The highest BCUT2D eigenvalue weighted by molar-refractivity contribution is 7.93. The van der Waals surface area contributed by atoms with Crippen molar-refractivity contribution in [2.75, 3.05) is 11.3 Å². The van der Waals surface area contributed by atoms with Crippen molar-refractivity contribution in [2.24, 2.45) is 0 Å². The van der Waals surface area contributed by atoms with E-state index in [0.717, 1.165) is 11.3 Å². The maximum absolute atomic E-state index is 12.0. The van der Waals surface area contributed by atoms with Crippen LogP contribution in [0.4, 0.5) is 5.13 Å². The molecule has 0 unspecified atom stereocenters. The molecular formula is C11H11N3O4S2. The van der Waals surface area contributed by atoms with E-state index in [1.807, 2.05) is 0 Å². The number of sulfonamides is 1. The second-order valence-corrected chi connectivity index (χ2v) is 6.11. The van der Waals surface area contributed by atoms with E-state index < -0.39 is 16.0 Å². The zero-order valence-corrected chi connectivity index (χ0v) is 12.1. The normalized spacial score (nSPS) is 11.1. The highest BCUT2D eigenvalue weighted by Gasteiger charge is 2.16. The molecule has 0 spiro atoms. The number of anilines is 1. The first kappa shape index (κ1) is 14.4. The summed E-state index contributed by atoms with van der Waals surface area (Å²) in [6.07, 6.45) is 0. The lowest BCUT2D eigenvalue weighted by molar-refractivity contribution is 0.0526. The monoisotopic (exact) mass is 313 g/mol. The average molecular weight is 313 g/mol. The van der Waals surface area contributed by atoms with E-state index in [0.29, 0.717) is 5.56 Å². The number of hydrogen-bond donors (Lipinski definition) is 1. The maximum Gasteiger partial charge on any atom is 0.338 e. The van der Waals surface area contributed by atoms with E-state index in [1.165, 1.54) is 29.8 Å². The molecule has 2 aromatic rings. The van der Waals surface area contributed by atoms with Gasteiger partial charge in [0.1, 0.15) is 5.51 Å². The number of aromatic nitrogens is 2. The molecule has 0 radical (unpaired) electrons. The van der Waals surface area contributed by atoms with Crippen molar-refractivity contribution in [1.29, 1.82) is 0 Å². The Balaban J connectivity index is 2.19. The van der Waals surface area contributed by atoms with Crippen LogP contribution in [0.5, 0.6) is 0 Å². The SMILES string of the molecule is CCOC(=O)c1ccc(S(=O)(=O)Nc2nncs2)cc1. The molecule has 0 bridgehead atoms. The molecule has 7 nitrogen and oxygen atoms in total. The lowest BCUT2D eigenvalue weighted by Crippen LogP contribution is -2.13. The van der Waals surface area contributed by atoms with Gasteiger partial charge in [0.2, 0.25) is 5.13 Å². The number of carbonyl (C=O) groups excluding carboxylic acids is 1. The topological polar surface area (TPSA) is 98.2 Å². The van der Waals surface area contributed by atoms with Crippen LogP contribution >= 0.6 is 11.3 Å². The van der Waals surface area contributed by atoms with Crippen molar-refractivity contribution in [3.63, 3.8) is 0 Å². The minimum atomic E-state index is -3.73. The van der Waals surface area contributed by atoms with Gasteiger partial charge in [0.15, 0.2) is 0 Å². The van der Waals surface area contributed by atoms with Crippen LogP contribution in [0.15, 0.2) is 34.7 Å².